The number of nitrogens with zero attached hydrogens (tertiary/aromatic N) is 2. The van der Waals surface area contributed by atoms with Crippen molar-refractivity contribution < 1.29 is 14.1 Å². The fourth-order valence-electron chi connectivity index (χ4n) is 2.26. The number of esters is 1. The van der Waals surface area contributed by atoms with Gasteiger partial charge in [0.05, 0.1) is 19.3 Å². The molecule has 0 unspecified atom stereocenters. The average molecular weight is 328 g/mol. The van der Waals surface area contributed by atoms with Gasteiger partial charge in [0.15, 0.2) is 11.5 Å². The number of methoxy groups -OCH3 is 1. The Hall–Kier alpha value is -3.29. The Balaban J connectivity index is 1.73. The minimum absolute atomic E-state index is 0.123. The minimum atomic E-state index is -0.547. The molecule has 0 amide bonds. The maximum Gasteiger partial charge on any atom is 0.360 e. The third kappa shape index (κ3) is 3.22. The summed E-state index contributed by atoms with van der Waals surface area (Å²) in [5, 5.41) is 6.80. The van der Waals surface area contributed by atoms with Gasteiger partial charge >= 0.3 is 11.7 Å². The maximum atomic E-state index is 11.8. The molecule has 0 radical (unpaired) electrons. The zero-order chi connectivity index (χ0) is 17.1. The normalized spacial score (nSPS) is 10.6. The molecular weight excluding hydrogens is 312 g/mol. The average Bonchev–Trinajstić information content (AvgIpc) is 3.19. The number of rotatable bonds is 5. The summed E-state index contributed by atoms with van der Waals surface area (Å²) >= 11 is 0. The van der Waals surface area contributed by atoms with Gasteiger partial charge < -0.3 is 19.6 Å². The number of aromatic amines is 1. The van der Waals surface area contributed by atoms with E-state index in [4.69, 9.17) is 4.52 Å². The van der Waals surface area contributed by atoms with Gasteiger partial charge in [0.2, 0.25) is 0 Å². The second-order valence-electron chi connectivity index (χ2n) is 5.19. The summed E-state index contributed by atoms with van der Waals surface area (Å²) in [6.07, 6.45) is 1.74. The molecule has 0 saturated heterocycles. The van der Waals surface area contributed by atoms with Crippen molar-refractivity contribution in [1.29, 1.82) is 0 Å². The molecule has 0 spiro atoms. The predicted molar refractivity (Wildman–Crippen MR) is 86.3 cm³/mol. The van der Waals surface area contributed by atoms with Crippen molar-refractivity contribution in [2.75, 3.05) is 12.4 Å². The number of ether oxygens (including phenoxy) is 1. The molecule has 3 rings (SSSR count). The SMILES string of the molecule is COC(=O)c1cc(CNc2cccc(-n3cc(C)[nH]c3=O)c2)on1. The van der Waals surface area contributed by atoms with Gasteiger partial charge in [-0.05, 0) is 25.1 Å². The number of hydrogen-bond donors (Lipinski definition) is 2. The quantitative estimate of drug-likeness (QED) is 0.693. The molecule has 0 aliphatic rings. The standard InChI is InChI=1S/C16H16N4O4/c1-10-9-20(16(22)18-10)12-5-3-4-11(6-12)17-8-13-7-14(19-24-13)15(21)23-2/h3-7,9,17H,8H2,1-2H3,(H,18,22). The van der Waals surface area contributed by atoms with Crippen LogP contribution in [0.25, 0.3) is 5.69 Å². The molecule has 0 fully saturated rings. The Kier molecular flexibility index (Phi) is 4.19. The van der Waals surface area contributed by atoms with Crippen LogP contribution in [0.5, 0.6) is 0 Å². The number of benzene rings is 1. The van der Waals surface area contributed by atoms with Crippen LogP contribution in [0.1, 0.15) is 21.9 Å². The first-order valence-electron chi connectivity index (χ1n) is 7.23. The molecule has 2 aromatic heterocycles. The maximum absolute atomic E-state index is 11.8. The number of anilines is 1. The van der Waals surface area contributed by atoms with Crippen LogP contribution in [0.15, 0.2) is 45.8 Å². The van der Waals surface area contributed by atoms with E-state index in [0.29, 0.717) is 12.3 Å². The number of carbonyl (C=O) groups excluding carboxylic acids is 1. The number of nitrogens with one attached hydrogen (secondary N) is 2. The summed E-state index contributed by atoms with van der Waals surface area (Å²) in [6, 6.07) is 8.90. The molecule has 0 bridgehead atoms. The van der Waals surface area contributed by atoms with E-state index in [1.165, 1.54) is 17.7 Å². The number of carbonyl (C=O) groups is 1. The second kappa shape index (κ2) is 6.45. The lowest BCUT2D eigenvalue weighted by atomic mass is 10.2. The van der Waals surface area contributed by atoms with Gasteiger partial charge in [-0.15, -0.1) is 0 Å². The number of hydrogen-bond acceptors (Lipinski definition) is 6. The van der Waals surface area contributed by atoms with E-state index >= 15 is 0 Å². The number of aromatic nitrogens is 3. The van der Waals surface area contributed by atoms with Crippen molar-refractivity contribution in [3.63, 3.8) is 0 Å². The Morgan fingerprint density at radius 3 is 2.96 bits per heavy atom. The smallest absolute Gasteiger partial charge is 0.360 e. The first kappa shape index (κ1) is 15.6. The van der Waals surface area contributed by atoms with Crippen molar-refractivity contribution in [2.45, 2.75) is 13.5 Å². The first-order chi connectivity index (χ1) is 11.6. The minimum Gasteiger partial charge on any atom is -0.464 e. The van der Waals surface area contributed by atoms with Crippen molar-refractivity contribution in [3.8, 4) is 5.69 Å². The van der Waals surface area contributed by atoms with E-state index in [1.807, 2.05) is 31.2 Å². The molecule has 2 N–H and O–H groups in total. The Morgan fingerprint density at radius 1 is 1.42 bits per heavy atom. The van der Waals surface area contributed by atoms with Gasteiger partial charge in [0, 0.05) is 23.6 Å². The van der Waals surface area contributed by atoms with Crippen LogP contribution in [0.3, 0.4) is 0 Å². The third-order valence-electron chi connectivity index (χ3n) is 3.39. The number of aryl methyl sites for hydroxylation is 1. The summed E-state index contributed by atoms with van der Waals surface area (Å²) in [5.74, 6) is -0.0512. The molecule has 1 aromatic carbocycles. The van der Waals surface area contributed by atoms with Crippen molar-refractivity contribution >= 4 is 11.7 Å². The van der Waals surface area contributed by atoms with Crippen molar-refractivity contribution in [1.82, 2.24) is 14.7 Å². The molecule has 0 aliphatic heterocycles. The lowest BCUT2D eigenvalue weighted by Crippen LogP contribution is -2.14. The predicted octanol–water partition coefficient (Wildman–Crippen LogP) is 1.86. The van der Waals surface area contributed by atoms with Gasteiger partial charge in [-0.25, -0.2) is 9.59 Å². The van der Waals surface area contributed by atoms with E-state index in [-0.39, 0.29) is 11.4 Å². The van der Waals surface area contributed by atoms with Crippen LogP contribution in [-0.2, 0) is 11.3 Å². The van der Waals surface area contributed by atoms with Gasteiger partial charge in [-0.3, -0.25) is 4.57 Å². The highest BCUT2D eigenvalue weighted by molar-refractivity contribution is 5.86. The molecule has 0 aliphatic carbocycles. The monoisotopic (exact) mass is 328 g/mol. The second-order valence-corrected chi connectivity index (χ2v) is 5.19. The highest BCUT2D eigenvalue weighted by Gasteiger charge is 2.12. The number of imidazole rings is 1. The summed E-state index contributed by atoms with van der Waals surface area (Å²) < 4.78 is 11.2. The van der Waals surface area contributed by atoms with Crippen LogP contribution in [0.4, 0.5) is 5.69 Å². The van der Waals surface area contributed by atoms with E-state index < -0.39 is 5.97 Å². The highest BCUT2D eigenvalue weighted by atomic mass is 16.5. The van der Waals surface area contributed by atoms with E-state index in [9.17, 15) is 9.59 Å². The van der Waals surface area contributed by atoms with Crippen LogP contribution < -0.4 is 11.0 Å². The first-order valence-corrected chi connectivity index (χ1v) is 7.23. The molecule has 8 nitrogen and oxygen atoms in total. The highest BCUT2D eigenvalue weighted by Crippen LogP contribution is 2.15. The van der Waals surface area contributed by atoms with Gasteiger partial charge in [-0.2, -0.15) is 0 Å². The van der Waals surface area contributed by atoms with Gasteiger partial charge in [0.25, 0.3) is 0 Å². The van der Waals surface area contributed by atoms with Crippen LogP contribution in [-0.4, -0.2) is 27.8 Å². The summed E-state index contributed by atoms with van der Waals surface area (Å²) in [4.78, 5) is 25.9. The summed E-state index contributed by atoms with van der Waals surface area (Å²) in [5.41, 5.74) is 2.26. The molecular formula is C16H16N4O4. The van der Waals surface area contributed by atoms with Crippen LogP contribution >= 0.6 is 0 Å². The lowest BCUT2D eigenvalue weighted by molar-refractivity contribution is 0.0589. The van der Waals surface area contributed by atoms with Gasteiger partial charge in [-0.1, -0.05) is 11.2 Å². The summed E-state index contributed by atoms with van der Waals surface area (Å²) in [7, 11) is 1.28. The van der Waals surface area contributed by atoms with E-state index in [1.54, 1.807) is 6.20 Å². The Labute approximate surface area is 137 Å². The zero-order valence-corrected chi connectivity index (χ0v) is 13.2. The number of H-pyrrole nitrogens is 1. The van der Waals surface area contributed by atoms with E-state index in [2.05, 4.69) is 20.2 Å². The van der Waals surface area contributed by atoms with Gasteiger partial charge in [0.1, 0.15) is 0 Å². The zero-order valence-electron chi connectivity index (χ0n) is 13.2. The molecule has 0 saturated carbocycles. The lowest BCUT2D eigenvalue weighted by Gasteiger charge is -2.07. The van der Waals surface area contributed by atoms with Crippen LogP contribution in [0, 0.1) is 6.92 Å². The Morgan fingerprint density at radius 2 is 2.25 bits per heavy atom. The fraction of sp³-hybridized carbons (Fsp3) is 0.188. The molecule has 0 atom stereocenters. The van der Waals surface area contributed by atoms with Crippen LogP contribution in [0.2, 0.25) is 0 Å². The molecule has 24 heavy (non-hydrogen) atoms. The fourth-order valence-corrected chi connectivity index (χ4v) is 2.26. The van der Waals surface area contributed by atoms with E-state index in [0.717, 1.165) is 17.1 Å². The molecule has 8 heteroatoms. The largest absolute Gasteiger partial charge is 0.464 e. The Bertz CT molecular complexity index is 922. The molecule has 3 aromatic rings. The van der Waals surface area contributed by atoms with Crippen molar-refractivity contribution in [3.05, 3.63) is 64.2 Å². The van der Waals surface area contributed by atoms with Crippen molar-refractivity contribution in [2.24, 2.45) is 0 Å². The third-order valence-corrected chi connectivity index (χ3v) is 3.39. The topological polar surface area (TPSA) is 102 Å². The summed E-state index contributed by atoms with van der Waals surface area (Å²) in [6.45, 7) is 2.16. The molecule has 2 heterocycles. The molecule has 124 valence electrons.